The van der Waals surface area contributed by atoms with Crippen LogP contribution >= 0.6 is 0 Å². The van der Waals surface area contributed by atoms with Crippen LogP contribution < -0.4 is 9.64 Å². The number of aliphatic hydroxyl groups is 2. The minimum Gasteiger partial charge on any atom is -0.494 e. The van der Waals surface area contributed by atoms with Gasteiger partial charge in [0.1, 0.15) is 0 Å². The molecule has 0 amide bonds. The van der Waals surface area contributed by atoms with Crippen LogP contribution in [0.2, 0.25) is 0 Å². The number of anilines is 1. The molecule has 1 rings (SSSR count). The Morgan fingerprint density at radius 2 is 2.19 bits per heavy atom. The van der Waals surface area contributed by atoms with Crippen LogP contribution in [0.4, 0.5) is 10.1 Å². The average Bonchev–Trinajstić information content (AvgIpc) is 2.28. The summed E-state index contributed by atoms with van der Waals surface area (Å²) in [5.41, 5.74) is 0.616. The number of halogens is 1. The van der Waals surface area contributed by atoms with Gasteiger partial charge >= 0.3 is 0 Å². The van der Waals surface area contributed by atoms with E-state index in [1.54, 1.807) is 18.0 Å². The third-order valence-corrected chi connectivity index (χ3v) is 2.27. The van der Waals surface area contributed by atoms with Crippen molar-refractivity contribution in [3.63, 3.8) is 0 Å². The van der Waals surface area contributed by atoms with Crippen LogP contribution in [-0.2, 0) is 0 Å². The Balaban J connectivity index is 2.76. The zero-order valence-corrected chi connectivity index (χ0v) is 9.35. The third kappa shape index (κ3) is 3.08. The third-order valence-electron chi connectivity index (χ3n) is 2.27. The standard InChI is InChI=1S/C11H16FNO3/c1-13(6-9(15)7-14)8-3-4-11(16-2)10(12)5-8/h3-5,9,14-15H,6-7H2,1-2H3. The lowest BCUT2D eigenvalue weighted by atomic mass is 10.2. The topological polar surface area (TPSA) is 52.9 Å². The maximum atomic E-state index is 13.4. The Kier molecular flexibility index (Phi) is 4.52. The van der Waals surface area contributed by atoms with Crippen LogP contribution in [0, 0.1) is 5.82 Å². The highest BCUT2D eigenvalue weighted by atomic mass is 19.1. The first-order valence-electron chi connectivity index (χ1n) is 4.92. The van der Waals surface area contributed by atoms with E-state index in [1.165, 1.54) is 19.2 Å². The van der Waals surface area contributed by atoms with Gasteiger partial charge in [-0.3, -0.25) is 0 Å². The first kappa shape index (κ1) is 12.7. The van der Waals surface area contributed by atoms with Gasteiger partial charge in [-0.15, -0.1) is 0 Å². The predicted octanol–water partition coefficient (Wildman–Crippen LogP) is 0.624. The fourth-order valence-corrected chi connectivity index (χ4v) is 1.37. The molecule has 1 aromatic rings. The van der Waals surface area contributed by atoms with Crippen molar-refractivity contribution < 1.29 is 19.3 Å². The molecule has 90 valence electrons. The second-order valence-corrected chi connectivity index (χ2v) is 3.54. The van der Waals surface area contributed by atoms with Crippen molar-refractivity contribution in [2.75, 3.05) is 32.2 Å². The van der Waals surface area contributed by atoms with Crippen LogP contribution in [-0.4, -0.2) is 43.6 Å². The first-order chi connectivity index (χ1) is 7.58. The Hall–Kier alpha value is -1.33. The normalized spacial score (nSPS) is 12.3. The summed E-state index contributed by atoms with van der Waals surface area (Å²) < 4.78 is 18.2. The van der Waals surface area contributed by atoms with E-state index >= 15 is 0 Å². The van der Waals surface area contributed by atoms with Crippen molar-refractivity contribution in [2.24, 2.45) is 0 Å². The Labute approximate surface area is 93.9 Å². The minimum absolute atomic E-state index is 0.180. The Bertz CT molecular complexity index is 346. The molecule has 2 N–H and O–H groups in total. The van der Waals surface area contributed by atoms with Gasteiger partial charge in [0.05, 0.1) is 19.8 Å². The number of nitrogens with zero attached hydrogens (tertiary/aromatic N) is 1. The van der Waals surface area contributed by atoms with E-state index in [-0.39, 0.29) is 18.9 Å². The van der Waals surface area contributed by atoms with Crippen molar-refractivity contribution in [1.82, 2.24) is 0 Å². The Morgan fingerprint density at radius 1 is 1.50 bits per heavy atom. The van der Waals surface area contributed by atoms with E-state index in [9.17, 15) is 9.50 Å². The first-order valence-corrected chi connectivity index (χ1v) is 4.92. The molecule has 1 atom stereocenters. The van der Waals surface area contributed by atoms with Crippen LogP contribution in [0.5, 0.6) is 5.75 Å². The van der Waals surface area contributed by atoms with Gasteiger partial charge < -0.3 is 19.8 Å². The number of hydrogen-bond acceptors (Lipinski definition) is 4. The molecule has 0 fully saturated rings. The van der Waals surface area contributed by atoms with Gasteiger partial charge in [-0.05, 0) is 12.1 Å². The monoisotopic (exact) mass is 229 g/mol. The summed E-state index contributed by atoms with van der Waals surface area (Å²) in [6.07, 6.45) is -0.838. The molecule has 0 spiro atoms. The van der Waals surface area contributed by atoms with Crippen molar-refractivity contribution in [1.29, 1.82) is 0 Å². The Morgan fingerprint density at radius 3 is 2.69 bits per heavy atom. The zero-order chi connectivity index (χ0) is 12.1. The maximum absolute atomic E-state index is 13.4. The second-order valence-electron chi connectivity index (χ2n) is 3.54. The van der Waals surface area contributed by atoms with Crippen molar-refractivity contribution in [3.8, 4) is 5.75 Å². The molecule has 5 heteroatoms. The molecule has 1 aromatic carbocycles. The van der Waals surface area contributed by atoms with Gasteiger partial charge in [0.15, 0.2) is 11.6 Å². The average molecular weight is 229 g/mol. The fourth-order valence-electron chi connectivity index (χ4n) is 1.37. The molecule has 0 aliphatic rings. The fraction of sp³-hybridized carbons (Fsp3) is 0.455. The molecule has 0 aromatic heterocycles. The number of likely N-dealkylation sites (N-methyl/N-ethyl adjacent to an activating group) is 1. The summed E-state index contributed by atoms with van der Waals surface area (Å²) in [6.45, 7) is -0.0781. The van der Waals surface area contributed by atoms with Gasteiger partial charge in [0, 0.05) is 25.3 Å². The number of aliphatic hydroxyl groups excluding tert-OH is 2. The highest BCUT2D eigenvalue weighted by Gasteiger charge is 2.10. The van der Waals surface area contributed by atoms with Crippen LogP contribution in [0.3, 0.4) is 0 Å². The van der Waals surface area contributed by atoms with Crippen LogP contribution in [0.25, 0.3) is 0 Å². The van der Waals surface area contributed by atoms with Gasteiger partial charge in [-0.1, -0.05) is 0 Å². The molecular formula is C11H16FNO3. The van der Waals surface area contributed by atoms with E-state index in [1.807, 2.05) is 0 Å². The summed E-state index contributed by atoms with van der Waals surface area (Å²) in [7, 11) is 3.11. The molecule has 0 saturated carbocycles. The highest BCUT2D eigenvalue weighted by molar-refractivity contribution is 5.49. The number of rotatable bonds is 5. The summed E-state index contributed by atoms with van der Waals surface area (Å²) in [6, 6.07) is 4.53. The van der Waals surface area contributed by atoms with Gasteiger partial charge in [0.25, 0.3) is 0 Å². The summed E-state index contributed by atoms with van der Waals surface area (Å²) in [4.78, 5) is 1.66. The van der Waals surface area contributed by atoms with E-state index < -0.39 is 11.9 Å². The van der Waals surface area contributed by atoms with Crippen molar-refractivity contribution >= 4 is 5.69 Å². The molecule has 0 heterocycles. The van der Waals surface area contributed by atoms with Gasteiger partial charge in [0.2, 0.25) is 0 Å². The molecule has 16 heavy (non-hydrogen) atoms. The van der Waals surface area contributed by atoms with Crippen LogP contribution in [0.15, 0.2) is 18.2 Å². The molecule has 0 aliphatic heterocycles. The number of hydrogen-bond donors (Lipinski definition) is 2. The van der Waals surface area contributed by atoms with E-state index in [0.717, 1.165) is 0 Å². The lowest BCUT2D eigenvalue weighted by molar-refractivity contribution is 0.101. The molecule has 0 saturated heterocycles. The zero-order valence-electron chi connectivity index (χ0n) is 9.35. The number of ether oxygens (including phenoxy) is 1. The number of benzene rings is 1. The minimum atomic E-state index is -0.838. The lowest BCUT2D eigenvalue weighted by Crippen LogP contribution is -2.31. The van der Waals surface area contributed by atoms with E-state index in [2.05, 4.69) is 0 Å². The van der Waals surface area contributed by atoms with E-state index in [0.29, 0.717) is 5.69 Å². The molecular weight excluding hydrogens is 213 g/mol. The lowest BCUT2D eigenvalue weighted by Gasteiger charge is -2.22. The molecule has 0 bridgehead atoms. The SMILES string of the molecule is COc1ccc(N(C)CC(O)CO)cc1F. The smallest absolute Gasteiger partial charge is 0.167 e. The molecule has 0 radical (unpaired) electrons. The largest absolute Gasteiger partial charge is 0.494 e. The summed E-state index contributed by atoms with van der Waals surface area (Å²) >= 11 is 0. The number of methoxy groups -OCH3 is 1. The van der Waals surface area contributed by atoms with Gasteiger partial charge in [-0.25, -0.2) is 4.39 Å². The maximum Gasteiger partial charge on any atom is 0.167 e. The summed E-state index contributed by atoms with van der Waals surface area (Å²) in [5, 5.41) is 17.9. The highest BCUT2D eigenvalue weighted by Crippen LogP contribution is 2.22. The molecule has 4 nitrogen and oxygen atoms in total. The van der Waals surface area contributed by atoms with Crippen LogP contribution in [0.1, 0.15) is 0 Å². The van der Waals surface area contributed by atoms with Crippen molar-refractivity contribution in [2.45, 2.75) is 6.10 Å². The van der Waals surface area contributed by atoms with Gasteiger partial charge in [-0.2, -0.15) is 0 Å². The predicted molar refractivity (Wildman–Crippen MR) is 59.3 cm³/mol. The summed E-state index contributed by atoms with van der Waals surface area (Å²) in [5.74, 6) is -0.273. The second kappa shape index (κ2) is 5.67. The quantitative estimate of drug-likeness (QED) is 0.777. The van der Waals surface area contributed by atoms with E-state index in [4.69, 9.17) is 9.84 Å². The molecule has 1 unspecified atom stereocenters. The molecule has 0 aliphatic carbocycles. The van der Waals surface area contributed by atoms with Crippen molar-refractivity contribution in [3.05, 3.63) is 24.0 Å².